The van der Waals surface area contributed by atoms with Crippen molar-refractivity contribution in [2.45, 2.75) is 11.1 Å². The van der Waals surface area contributed by atoms with Crippen LogP contribution < -0.4 is 4.72 Å². The Morgan fingerprint density at radius 2 is 1.88 bits per heavy atom. The molecule has 0 unspecified atom stereocenters. The van der Waals surface area contributed by atoms with Crippen molar-refractivity contribution >= 4 is 37.7 Å². The molecule has 0 radical (unpaired) electrons. The van der Waals surface area contributed by atoms with Crippen molar-refractivity contribution in [2.24, 2.45) is 7.05 Å². The number of alkyl halides is 3. The van der Waals surface area contributed by atoms with E-state index in [2.05, 4.69) is 24.2 Å². The minimum atomic E-state index is -4.52. The number of aromatic nitrogens is 6. The van der Waals surface area contributed by atoms with Crippen LogP contribution in [0.25, 0.3) is 28.0 Å². The van der Waals surface area contributed by atoms with E-state index in [0.717, 1.165) is 23.7 Å². The van der Waals surface area contributed by atoms with E-state index in [4.69, 9.17) is 0 Å². The summed E-state index contributed by atoms with van der Waals surface area (Å²) in [5, 5.41) is 4.19. The Labute approximate surface area is 194 Å². The van der Waals surface area contributed by atoms with Crippen LogP contribution in [0.2, 0.25) is 0 Å². The highest BCUT2D eigenvalue weighted by Gasteiger charge is 2.31. The minimum Gasteiger partial charge on any atom is -0.298 e. The van der Waals surface area contributed by atoms with Gasteiger partial charge in [-0.15, -0.1) is 0 Å². The van der Waals surface area contributed by atoms with E-state index in [1.807, 2.05) is 0 Å². The first-order valence-electron chi connectivity index (χ1n) is 9.60. The average Bonchev–Trinajstić information content (AvgIpc) is 3.53. The van der Waals surface area contributed by atoms with Gasteiger partial charge in [0.1, 0.15) is 12.7 Å². The van der Waals surface area contributed by atoms with Gasteiger partial charge >= 0.3 is 6.18 Å². The van der Waals surface area contributed by atoms with E-state index >= 15 is 0 Å². The molecule has 5 rings (SSSR count). The van der Waals surface area contributed by atoms with Crippen molar-refractivity contribution in [3.05, 3.63) is 66.9 Å². The summed E-state index contributed by atoms with van der Waals surface area (Å²) in [6, 6.07) is 9.33. The second-order valence-electron chi connectivity index (χ2n) is 7.19. The predicted octanol–water partition coefficient (Wildman–Crippen LogP) is 4.10. The van der Waals surface area contributed by atoms with E-state index in [0.29, 0.717) is 28.0 Å². The summed E-state index contributed by atoms with van der Waals surface area (Å²) < 4.78 is 74.8. The van der Waals surface area contributed by atoms with Crippen molar-refractivity contribution in [3.63, 3.8) is 0 Å². The second kappa shape index (κ2) is 7.92. The zero-order valence-corrected chi connectivity index (χ0v) is 18.9. The van der Waals surface area contributed by atoms with Crippen LogP contribution in [0.3, 0.4) is 0 Å². The fraction of sp³-hybridized carbons (Fsp3) is 0.100. The first kappa shape index (κ1) is 22.0. The maximum atomic E-state index is 13.4. The third-order valence-electron chi connectivity index (χ3n) is 5.09. The molecule has 0 spiro atoms. The summed E-state index contributed by atoms with van der Waals surface area (Å²) in [5.74, 6) is 0. The van der Waals surface area contributed by atoms with Gasteiger partial charge in [0.25, 0.3) is 10.0 Å². The van der Waals surface area contributed by atoms with Crippen LogP contribution in [0.1, 0.15) is 5.56 Å². The smallest absolute Gasteiger partial charge is 0.298 e. The molecule has 3 heterocycles. The Kier molecular flexibility index (Phi) is 5.13. The summed E-state index contributed by atoms with van der Waals surface area (Å²) in [4.78, 5) is 8.05. The van der Waals surface area contributed by atoms with Gasteiger partial charge in [0.2, 0.25) is 5.13 Å². The Bertz CT molecular complexity index is 1610. The Balaban J connectivity index is 1.62. The fourth-order valence-corrected chi connectivity index (χ4v) is 5.19. The number of nitrogens with zero attached hydrogens (tertiary/aromatic N) is 6. The molecule has 5 aromatic rings. The van der Waals surface area contributed by atoms with Gasteiger partial charge in [0, 0.05) is 30.3 Å². The van der Waals surface area contributed by atoms with Crippen LogP contribution in [0, 0.1) is 0 Å². The highest BCUT2D eigenvalue weighted by molar-refractivity contribution is 7.93. The maximum Gasteiger partial charge on any atom is 0.416 e. The van der Waals surface area contributed by atoms with Crippen LogP contribution in [-0.4, -0.2) is 37.1 Å². The van der Waals surface area contributed by atoms with Gasteiger partial charge in [0.15, 0.2) is 0 Å². The number of aryl methyl sites for hydroxylation is 1. The van der Waals surface area contributed by atoms with E-state index in [1.165, 1.54) is 41.7 Å². The molecule has 0 aliphatic rings. The van der Waals surface area contributed by atoms with Gasteiger partial charge in [-0.25, -0.2) is 18.4 Å². The third kappa shape index (κ3) is 3.90. The number of anilines is 1. The molecule has 2 aromatic carbocycles. The molecule has 1 N–H and O–H groups in total. The SMILES string of the molecule is Cn1nccc1-c1cc(C(F)(F)F)ccc1-n1cnc2cc(S(=O)(=O)Nc3ncns3)ccc21. The molecular weight excluding hydrogens is 491 g/mol. The average molecular weight is 506 g/mol. The maximum absolute atomic E-state index is 13.4. The van der Waals surface area contributed by atoms with Crippen molar-refractivity contribution in [2.75, 3.05) is 4.72 Å². The van der Waals surface area contributed by atoms with Gasteiger partial charge in [0.05, 0.1) is 32.9 Å². The molecule has 0 saturated carbocycles. The van der Waals surface area contributed by atoms with Crippen molar-refractivity contribution < 1.29 is 21.6 Å². The number of sulfonamides is 1. The Hall–Kier alpha value is -3.78. The molecule has 34 heavy (non-hydrogen) atoms. The number of imidazole rings is 1. The van der Waals surface area contributed by atoms with Crippen molar-refractivity contribution in [3.8, 4) is 16.9 Å². The Morgan fingerprint density at radius 1 is 1.06 bits per heavy atom. The summed E-state index contributed by atoms with van der Waals surface area (Å²) >= 11 is 0.895. The van der Waals surface area contributed by atoms with Crippen LogP contribution in [-0.2, 0) is 23.2 Å². The van der Waals surface area contributed by atoms with Crippen LogP contribution in [0.15, 0.2) is 66.2 Å². The molecule has 3 aromatic heterocycles. The number of hydrogen-bond acceptors (Lipinski definition) is 7. The zero-order chi connectivity index (χ0) is 24.1. The monoisotopic (exact) mass is 505 g/mol. The molecule has 0 saturated heterocycles. The first-order chi connectivity index (χ1) is 16.1. The standard InChI is InChI=1S/C20H14F3N7O2S2/c1-29-16(6-7-26-29)14-8-12(20(21,22)23)2-4-17(14)30-11-25-15-9-13(3-5-18(15)30)34(31,32)28-19-24-10-27-33-19/h2-11H,1H3,(H,24,27,28). The Morgan fingerprint density at radius 3 is 2.56 bits per heavy atom. The zero-order valence-electron chi connectivity index (χ0n) is 17.2. The second-order valence-corrected chi connectivity index (χ2v) is 9.65. The number of nitrogens with one attached hydrogen (secondary N) is 1. The number of rotatable bonds is 5. The van der Waals surface area contributed by atoms with E-state index in [-0.39, 0.29) is 10.0 Å². The number of hydrogen-bond donors (Lipinski definition) is 1. The molecule has 0 fully saturated rings. The van der Waals surface area contributed by atoms with Gasteiger partial charge in [-0.1, -0.05) is 0 Å². The van der Waals surface area contributed by atoms with Crippen LogP contribution >= 0.6 is 11.5 Å². The molecular formula is C20H14F3N7O2S2. The first-order valence-corrected chi connectivity index (χ1v) is 11.9. The lowest BCUT2D eigenvalue weighted by Gasteiger charge is -2.15. The lowest BCUT2D eigenvalue weighted by atomic mass is 10.0. The summed E-state index contributed by atoms with van der Waals surface area (Å²) in [6.45, 7) is 0. The van der Waals surface area contributed by atoms with Gasteiger partial charge in [-0.2, -0.15) is 22.6 Å². The van der Waals surface area contributed by atoms with Gasteiger partial charge in [-0.05, 0) is 42.5 Å². The largest absolute Gasteiger partial charge is 0.416 e. The summed E-state index contributed by atoms with van der Waals surface area (Å²) in [7, 11) is -2.30. The normalized spacial score (nSPS) is 12.4. The number of benzene rings is 2. The predicted molar refractivity (Wildman–Crippen MR) is 119 cm³/mol. The number of fused-ring (bicyclic) bond motifs is 1. The van der Waals surface area contributed by atoms with E-state index in [1.54, 1.807) is 23.7 Å². The highest BCUT2D eigenvalue weighted by Crippen LogP contribution is 2.36. The highest BCUT2D eigenvalue weighted by atomic mass is 32.2. The van der Waals surface area contributed by atoms with Crippen LogP contribution in [0.4, 0.5) is 18.3 Å². The lowest BCUT2D eigenvalue weighted by molar-refractivity contribution is -0.137. The quantitative estimate of drug-likeness (QED) is 0.385. The molecule has 174 valence electrons. The molecule has 0 amide bonds. The summed E-state index contributed by atoms with van der Waals surface area (Å²) in [6.07, 6.45) is -0.363. The van der Waals surface area contributed by atoms with Crippen LogP contribution in [0.5, 0.6) is 0 Å². The third-order valence-corrected chi connectivity index (χ3v) is 7.14. The topological polar surface area (TPSA) is 108 Å². The molecule has 0 aliphatic carbocycles. The van der Waals surface area contributed by atoms with Crippen molar-refractivity contribution in [1.82, 2.24) is 28.7 Å². The summed E-state index contributed by atoms with van der Waals surface area (Å²) in [5.41, 5.74) is 1.26. The molecule has 0 aliphatic heterocycles. The molecule has 0 atom stereocenters. The fourth-order valence-electron chi connectivity index (χ4n) is 3.51. The molecule has 14 heteroatoms. The lowest BCUT2D eigenvalue weighted by Crippen LogP contribution is -2.12. The van der Waals surface area contributed by atoms with Gasteiger partial charge < -0.3 is 0 Å². The van der Waals surface area contributed by atoms with E-state index < -0.39 is 21.8 Å². The van der Waals surface area contributed by atoms with Gasteiger partial charge in [-0.3, -0.25) is 14.0 Å². The molecule has 9 nitrogen and oxygen atoms in total. The minimum absolute atomic E-state index is 0.0419. The number of halogens is 3. The molecule has 0 bridgehead atoms. The van der Waals surface area contributed by atoms with E-state index in [9.17, 15) is 21.6 Å². The van der Waals surface area contributed by atoms with Crippen molar-refractivity contribution in [1.29, 1.82) is 0 Å².